The molecule has 1 aromatic heterocycles. The van der Waals surface area contributed by atoms with Crippen LogP contribution in [0.4, 0.5) is 0 Å². The molecule has 0 fully saturated rings. The van der Waals surface area contributed by atoms with E-state index in [0.29, 0.717) is 11.4 Å². The fraction of sp³-hybridized carbons (Fsp3) is 0.429. The Morgan fingerprint density at radius 3 is 2.85 bits per heavy atom. The maximum atomic E-state index is 10.2. The van der Waals surface area contributed by atoms with Gasteiger partial charge < -0.3 is 19.6 Å². The summed E-state index contributed by atoms with van der Waals surface area (Å²) < 4.78 is 1.35. The summed E-state index contributed by atoms with van der Waals surface area (Å²) in [5, 5.41) is 19.0. The van der Waals surface area contributed by atoms with Crippen LogP contribution in [0.5, 0.6) is 0 Å². The molecule has 1 heterocycles. The van der Waals surface area contributed by atoms with Gasteiger partial charge in [-0.3, -0.25) is 0 Å². The second-order valence-electron chi connectivity index (χ2n) is 2.43. The molecule has 5 nitrogen and oxygen atoms in total. The Balaban J connectivity index is 0.00000144. The summed E-state index contributed by atoms with van der Waals surface area (Å²) in [6.45, 7) is 1.23. The van der Waals surface area contributed by atoms with E-state index in [9.17, 15) is 9.90 Å². The van der Waals surface area contributed by atoms with Crippen LogP contribution in [0.3, 0.4) is 0 Å². The third-order valence-electron chi connectivity index (χ3n) is 1.60. The minimum atomic E-state index is -1.19. The molecular formula is C7H9KN2O3. The van der Waals surface area contributed by atoms with Gasteiger partial charge in [0.25, 0.3) is 0 Å². The molecule has 1 N–H and O–H groups in total. The number of aromatic nitrogens is 2. The molecule has 0 aliphatic heterocycles. The van der Waals surface area contributed by atoms with Gasteiger partial charge >= 0.3 is 51.4 Å². The Morgan fingerprint density at radius 1 is 1.77 bits per heavy atom. The monoisotopic (exact) mass is 208 g/mol. The van der Waals surface area contributed by atoms with Gasteiger partial charge in [0.2, 0.25) is 0 Å². The molecule has 66 valence electrons. The van der Waals surface area contributed by atoms with Crippen molar-refractivity contribution in [2.75, 3.05) is 0 Å². The second-order valence-corrected chi connectivity index (χ2v) is 2.43. The fourth-order valence-corrected chi connectivity index (χ4v) is 0.989. The molecule has 6 heteroatoms. The number of aryl methyl sites for hydroxylation is 1. The third-order valence-corrected chi connectivity index (χ3v) is 1.60. The number of carboxylic acid groups (broad SMARTS) is 1. The molecule has 0 aromatic carbocycles. The molecule has 0 spiro atoms. The van der Waals surface area contributed by atoms with Gasteiger partial charge in [0, 0.05) is 0 Å². The number of carbonyl (C=O) groups is 1. The van der Waals surface area contributed by atoms with Crippen LogP contribution in [0.15, 0.2) is 6.33 Å². The van der Waals surface area contributed by atoms with Crippen LogP contribution in [-0.2, 0) is 17.9 Å². The number of nitrogens with zero attached hydrogens (tertiary/aromatic N) is 2. The molecule has 0 atom stereocenters. The number of imidazole rings is 1. The van der Waals surface area contributed by atoms with E-state index in [1.54, 1.807) is 6.92 Å². The average Bonchev–Trinajstić information content (AvgIpc) is 2.30. The summed E-state index contributed by atoms with van der Waals surface area (Å²) >= 11 is 0. The molecule has 0 saturated heterocycles. The van der Waals surface area contributed by atoms with Crippen LogP contribution < -0.4 is 56.5 Å². The number of carbonyl (C=O) groups excluding carboxylic acids is 1. The Labute approximate surface area is 118 Å². The molecule has 0 unspecified atom stereocenters. The Kier molecular flexibility index (Phi) is 6.02. The van der Waals surface area contributed by atoms with Gasteiger partial charge in [-0.2, -0.15) is 0 Å². The predicted octanol–water partition coefficient (Wildman–Crippen LogP) is -4.56. The van der Waals surface area contributed by atoms with Gasteiger partial charge in [-0.1, -0.05) is 0 Å². The summed E-state index contributed by atoms with van der Waals surface area (Å²) in [5.74, 6) is -1.19. The molecule has 0 radical (unpaired) electrons. The van der Waals surface area contributed by atoms with Crippen molar-refractivity contribution in [3.05, 3.63) is 17.7 Å². The quantitative estimate of drug-likeness (QED) is 0.507. The Hall–Kier alpha value is 0.276. The normalized spacial score (nSPS) is 9.38. The molecule has 0 aliphatic rings. The van der Waals surface area contributed by atoms with Gasteiger partial charge in [-0.05, 0) is 6.92 Å². The van der Waals surface area contributed by atoms with E-state index in [-0.39, 0.29) is 64.5 Å². The van der Waals surface area contributed by atoms with E-state index in [1.807, 2.05) is 0 Å². The van der Waals surface area contributed by atoms with Crippen molar-refractivity contribution < 1.29 is 66.4 Å². The van der Waals surface area contributed by atoms with Gasteiger partial charge in [0.15, 0.2) is 0 Å². The zero-order valence-corrected chi connectivity index (χ0v) is 10.8. The van der Waals surface area contributed by atoms with Crippen LogP contribution in [-0.4, -0.2) is 20.6 Å². The maximum absolute atomic E-state index is 10.2. The number of aliphatic hydroxyl groups is 1. The summed E-state index contributed by atoms with van der Waals surface area (Å²) in [4.78, 5) is 14.1. The molecule has 0 aliphatic carbocycles. The van der Waals surface area contributed by atoms with Crippen molar-refractivity contribution in [1.29, 1.82) is 0 Å². The maximum Gasteiger partial charge on any atom is 1.00 e. The summed E-state index contributed by atoms with van der Waals surface area (Å²) in [6, 6.07) is 0. The molecule has 0 bridgehead atoms. The van der Waals surface area contributed by atoms with Crippen LogP contribution in [0.25, 0.3) is 0 Å². The van der Waals surface area contributed by atoms with Crippen LogP contribution in [0, 0.1) is 6.92 Å². The predicted molar refractivity (Wildman–Crippen MR) is 37.9 cm³/mol. The number of hydrogen-bond acceptors (Lipinski definition) is 4. The van der Waals surface area contributed by atoms with E-state index >= 15 is 0 Å². The van der Waals surface area contributed by atoms with Gasteiger partial charge in [-0.25, -0.2) is 4.98 Å². The number of aliphatic hydroxyl groups excluding tert-OH is 1. The summed E-state index contributed by atoms with van der Waals surface area (Å²) in [7, 11) is 0. The van der Waals surface area contributed by atoms with Crippen molar-refractivity contribution in [2.45, 2.75) is 20.1 Å². The molecular weight excluding hydrogens is 199 g/mol. The molecule has 0 saturated carbocycles. The van der Waals surface area contributed by atoms with E-state index < -0.39 is 5.97 Å². The second kappa shape index (κ2) is 5.89. The van der Waals surface area contributed by atoms with Gasteiger partial charge in [0.05, 0.1) is 36.8 Å². The molecule has 0 amide bonds. The number of hydrogen-bond donors (Lipinski definition) is 1. The Bertz CT molecular complexity index is 298. The minimum Gasteiger partial charge on any atom is -0.548 e. The van der Waals surface area contributed by atoms with E-state index in [1.165, 1.54) is 10.9 Å². The standard InChI is InChI=1S/C7H10N2O3.K/c1-5-6(3-10)9(4-8-5)2-7(11)12;/h4,10H,2-3H2,1H3,(H,11,12);/q;+1/p-1. The smallest absolute Gasteiger partial charge is 0.548 e. The van der Waals surface area contributed by atoms with Crippen molar-refractivity contribution in [3.8, 4) is 0 Å². The largest absolute Gasteiger partial charge is 1.00 e. The molecule has 13 heavy (non-hydrogen) atoms. The van der Waals surface area contributed by atoms with Crippen molar-refractivity contribution in [1.82, 2.24) is 9.55 Å². The van der Waals surface area contributed by atoms with Crippen molar-refractivity contribution in [2.24, 2.45) is 0 Å². The number of carboxylic acids is 1. The summed E-state index contributed by atoms with van der Waals surface area (Å²) in [5.41, 5.74) is 1.15. The Morgan fingerprint density at radius 2 is 2.38 bits per heavy atom. The first-order valence-corrected chi connectivity index (χ1v) is 3.46. The van der Waals surface area contributed by atoms with Crippen LogP contribution >= 0.6 is 0 Å². The average molecular weight is 208 g/mol. The minimum absolute atomic E-state index is 0. The van der Waals surface area contributed by atoms with E-state index in [0.717, 1.165) is 0 Å². The number of aliphatic carboxylic acids is 1. The molecule has 1 aromatic rings. The molecule has 1 rings (SSSR count). The summed E-state index contributed by atoms with van der Waals surface area (Å²) in [6.07, 6.45) is 1.37. The first-order chi connectivity index (χ1) is 5.65. The topological polar surface area (TPSA) is 78.2 Å². The SMILES string of the molecule is Cc1ncn(CC(=O)[O-])c1CO.[K+]. The van der Waals surface area contributed by atoms with E-state index in [2.05, 4.69) is 4.98 Å². The van der Waals surface area contributed by atoms with Gasteiger partial charge in [-0.15, -0.1) is 0 Å². The zero-order chi connectivity index (χ0) is 9.14. The van der Waals surface area contributed by atoms with E-state index in [4.69, 9.17) is 5.11 Å². The van der Waals surface area contributed by atoms with Crippen molar-refractivity contribution in [3.63, 3.8) is 0 Å². The zero-order valence-electron chi connectivity index (χ0n) is 7.65. The first-order valence-electron chi connectivity index (χ1n) is 3.46. The van der Waals surface area contributed by atoms with Crippen LogP contribution in [0.2, 0.25) is 0 Å². The third kappa shape index (κ3) is 3.49. The number of rotatable bonds is 3. The first kappa shape index (κ1) is 13.3. The fourth-order valence-electron chi connectivity index (χ4n) is 0.989. The van der Waals surface area contributed by atoms with Crippen molar-refractivity contribution >= 4 is 5.97 Å². The van der Waals surface area contributed by atoms with Gasteiger partial charge in [0.1, 0.15) is 0 Å². The van der Waals surface area contributed by atoms with Crippen LogP contribution in [0.1, 0.15) is 11.4 Å².